The van der Waals surface area contributed by atoms with Gasteiger partial charge in [-0.2, -0.15) is 0 Å². The zero-order valence-electron chi connectivity index (χ0n) is 18.1. The molecule has 2 aliphatic rings. The molecule has 8 heteroatoms. The monoisotopic (exact) mass is 443 g/mol. The molecule has 2 aromatic rings. The summed E-state index contributed by atoms with van der Waals surface area (Å²) in [6, 6.07) is 9.48. The fourth-order valence-electron chi connectivity index (χ4n) is 3.61. The third-order valence-corrected chi connectivity index (χ3v) is 6.84. The van der Waals surface area contributed by atoms with Crippen LogP contribution in [0.3, 0.4) is 0 Å². The number of benzene rings is 1. The molecule has 1 aliphatic carbocycles. The number of amides is 2. The van der Waals surface area contributed by atoms with E-state index in [9.17, 15) is 9.59 Å². The minimum absolute atomic E-state index is 0.0588. The first-order chi connectivity index (χ1) is 15.0. The van der Waals surface area contributed by atoms with Gasteiger partial charge in [0, 0.05) is 38.6 Å². The second-order valence-corrected chi connectivity index (χ2v) is 9.10. The number of anilines is 1. The Bertz CT molecular complexity index is 915. The highest BCUT2D eigenvalue weighted by molar-refractivity contribution is 7.18. The quantitative estimate of drug-likeness (QED) is 0.678. The van der Waals surface area contributed by atoms with Gasteiger partial charge in [0.1, 0.15) is 18.1 Å². The summed E-state index contributed by atoms with van der Waals surface area (Å²) in [5.74, 6) is 1.93. The Kier molecular flexibility index (Phi) is 6.77. The summed E-state index contributed by atoms with van der Waals surface area (Å²) in [6.45, 7) is 6.41. The van der Waals surface area contributed by atoms with Gasteiger partial charge in [0.2, 0.25) is 5.91 Å². The van der Waals surface area contributed by atoms with Gasteiger partial charge in [0.05, 0.1) is 17.0 Å². The van der Waals surface area contributed by atoms with Crippen LogP contribution in [0.4, 0.5) is 5.00 Å². The predicted octanol–water partition coefficient (Wildman–Crippen LogP) is 3.25. The Morgan fingerprint density at radius 1 is 1.10 bits per heavy atom. The molecule has 2 fully saturated rings. The van der Waals surface area contributed by atoms with Crippen molar-refractivity contribution >= 4 is 28.2 Å². The van der Waals surface area contributed by atoms with E-state index >= 15 is 0 Å². The number of methoxy groups -OCH3 is 1. The molecule has 0 spiro atoms. The molecule has 0 radical (unpaired) electrons. The molecule has 1 aromatic heterocycles. The molecule has 1 N–H and O–H groups in total. The highest BCUT2D eigenvalue weighted by atomic mass is 32.1. The molecule has 1 saturated carbocycles. The van der Waals surface area contributed by atoms with E-state index in [1.54, 1.807) is 7.11 Å². The fourth-order valence-corrected chi connectivity index (χ4v) is 4.65. The molecule has 0 unspecified atom stereocenters. The smallest absolute Gasteiger partial charge is 0.264 e. The maximum absolute atomic E-state index is 13.0. The number of rotatable bonds is 8. The molecule has 4 rings (SSSR count). The first-order valence-electron chi connectivity index (χ1n) is 10.7. The summed E-state index contributed by atoms with van der Waals surface area (Å²) in [4.78, 5) is 29.9. The minimum atomic E-state index is 0.0588. The van der Waals surface area contributed by atoms with Crippen molar-refractivity contribution in [3.8, 4) is 11.5 Å². The summed E-state index contributed by atoms with van der Waals surface area (Å²) >= 11 is 1.38. The van der Waals surface area contributed by atoms with Crippen molar-refractivity contribution in [2.24, 2.45) is 5.92 Å². The number of carbonyl (C=O) groups excluding carboxylic acids is 2. The van der Waals surface area contributed by atoms with Crippen molar-refractivity contribution in [1.29, 1.82) is 0 Å². The SMILES string of the molecule is COc1ccc(OCCN2CCN(C(=O)c3sc(NC(=O)C4CC4)cc3C)CC2)cc1. The molecular weight excluding hydrogens is 414 g/mol. The van der Waals surface area contributed by atoms with Crippen LogP contribution >= 0.6 is 11.3 Å². The van der Waals surface area contributed by atoms with Crippen molar-refractivity contribution in [2.45, 2.75) is 19.8 Å². The third kappa shape index (κ3) is 5.57. The molecule has 2 amide bonds. The van der Waals surface area contributed by atoms with Crippen molar-refractivity contribution in [2.75, 3.05) is 51.8 Å². The lowest BCUT2D eigenvalue weighted by Crippen LogP contribution is -2.49. The average molecular weight is 444 g/mol. The van der Waals surface area contributed by atoms with Gasteiger partial charge in [0.25, 0.3) is 5.91 Å². The van der Waals surface area contributed by atoms with E-state index in [1.807, 2.05) is 42.2 Å². The molecule has 31 heavy (non-hydrogen) atoms. The standard InChI is InChI=1S/C23H29N3O4S/c1-16-15-20(24-22(27)17-3-4-17)31-21(16)23(28)26-11-9-25(10-12-26)13-14-30-19-7-5-18(29-2)6-8-19/h5-8,15,17H,3-4,9-14H2,1-2H3,(H,24,27). The molecule has 1 aliphatic heterocycles. The van der Waals surface area contributed by atoms with E-state index < -0.39 is 0 Å². The highest BCUT2D eigenvalue weighted by Crippen LogP contribution is 2.33. The van der Waals surface area contributed by atoms with Gasteiger partial charge >= 0.3 is 0 Å². The number of hydrogen-bond donors (Lipinski definition) is 1. The Labute approximate surface area is 186 Å². The van der Waals surface area contributed by atoms with E-state index in [2.05, 4.69) is 10.2 Å². The lowest BCUT2D eigenvalue weighted by Gasteiger charge is -2.34. The largest absolute Gasteiger partial charge is 0.497 e. The molecule has 2 heterocycles. The summed E-state index contributed by atoms with van der Waals surface area (Å²) in [6.07, 6.45) is 1.94. The van der Waals surface area contributed by atoms with Crippen LogP contribution in [0, 0.1) is 12.8 Å². The third-order valence-electron chi connectivity index (χ3n) is 5.70. The highest BCUT2D eigenvalue weighted by Gasteiger charge is 2.30. The number of aryl methyl sites for hydroxylation is 1. The van der Waals surface area contributed by atoms with Crippen molar-refractivity contribution in [3.63, 3.8) is 0 Å². The van der Waals surface area contributed by atoms with Gasteiger partial charge in [-0.15, -0.1) is 11.3 Å². The molecule has 0 bridgehead atoms. The number of thiophene rings is 1. The van der Waals surface area contributed by atoms with E-state index in [4.69, 9.17) is 9.47 Å². The van der Waals surface area contributed by atoms with Crippen LogP contribution in [0.1, 0.15) is 28.1 Å². The number of carbonyl (C=O) groups is 2. The molecule has 1 aromatic carbocycles. The van der Waals surface area contributed by atoms with Gasteiger partial charge in [-0.3, -0.25) is 14.5 Å². The van der Waals surface area contributed by atoms with Crippen molar-refractivity contribution < 1.29 is 19.1 Å². The fraction of sp³-hybridized carbons (Fsp3) is 0.478. The molecule has 1 saturated heterocycles. The van der Waals surface area contributed by atoms with Crippen LogP contribution in [-0.2, 0) is 4.79 Å². The number of hydrogen-bond acceptors (Lipinski definition) is 6. The zero-order valence-corrected chi connectivity index (χ0v) is 18.9. The van der Waals surface area contributed by atoms with Gasteiger partial charge in [-0.1, -0.05) is 0 Å². The van der Waals surface area contributed by atoms with Gasteiger partial charge in [-0.05, 0) is 55.7 Å². The molecule has 0 atom stereocenters. The van der Waals surface area contributed by atoms with E-state index in [1.165, 1.54) is 11.3 Å². The van der Waals surface area contributed by atoms with Crippen LogP contribution in [-0.4, -0.2) is 68.1 Å². The summed E-state index contributed by atoms with van der Waals surface area (Å²) in [5.41, 5.74) is 0.927. The molecule has 166 valence electrons. The normalized spacial score (nSPS) is 16.8. The van der Waals surface area contributed by atoms with Gasteiger partial charge < -0.3 is 19.7 Å². The van der Waals surface area contributed by atoms with Crippen LogP contribution < -0.4 is 14.8 Å². The van der Waals surface area contributed by atoms with Crippen molar-refractivity contribution in [3.05, 3.63) is 40.8 Å². The lowest BCUT2D eigenvalue weighted by atomic mass is 10.2. The predicted molar refractivity (Wildman–Crippen MR) is 121 cm³/mol. The Hall–Kier alpha value is -2.58. The second kappa shape index (κ2) is 9.70. The Morgan fingerprint density at radius 3 is 2.42 bits per heavy atom. The van der Waals surface area contributed by atoms with Crippen LogP contribution in [0.15, 0.2) is 30.3 Å². The summed E-state index contributed by atoms with van der Waals surface area (Å²) in [7, 11) is 1.64. The van der Waals surface area contributed by atoms with Crippen LogP contribution in [0.25, 0.3) is 0 Å². The van der Waals surface area contributed by atoms with Crippen LogP contribution in [0.2, 0.25) is 0 Å². The van der Waals surface area contributed by atoms with Gasteiger partial charge in [0.15, 0.2) is 0 Å². The first-order valence-corrected chi connectivity index (χ1v) is 11.5. The van der Waals surface area contributed by atoms with Gasteiger partial charge in [-0.25, -0.2) is 0 Å². The van der Waals surface area contributed by atoms with E-state index in [-0.39, 0.29) is 17.7 Å². The maximum Gasteiger partial charge on any atom is 0.264 e. The second-order valence-electron chi connectivity index (χ2n) is 8.04. The Morgan fingerprint density at radius 2 is 1.77 bits per heavy atom. The van der Waals surface area contributed by atoms with E-state index in [0.29, 0.717) is 19.7 Å². The zero-order chi connectivity index (χ0) is 21.8. The topological polar surface area (TPSA) is 71.1 Å². The Balaban J connectivity index is 1.22. The molecule has 7 nitrogen and oxygen atoms in total. The summed E-state index contributed by atoms with van der Waals surface area (Å²) < 4.78 is 11.0. The minimum Gasteiger partial charge on any atom is -0.497 e. The first kappa shape index (κ1) is 21.6. The maximum atomic E-state index is 13.0. The number of ether oxygens (including phenoxy) is 2. The van der Waals surface area contributed by atoms with Crippen molar-refractivity contribution in [1.82, 2.24) is 9.80 Å². The number of nitrogens with zero attached hydrogens (tertiary/aromatic N) is 2. The summed E-state index contributed by atoms with van der Waals surface area (Å²) in [5, 5.41) is 3.72. The average Bonchev–Trinajstić information content (AvgIpc) is 3.58. The number of nitrogens with one attached hydrogen (secondary N) is 1. The van der Waals surface area contributed by atoms with Crippen LogP contribution in [0.5, 0.6) is 11.5 Å². The van der Waals surface area contributed by atoms with E-state index in [0.717, 1.165) is 59.4 Å². The number of piperazine rings is 1. The molecular formula is C23H29N3O4S. The lowest BCUT2D eigenvalue weighted by molar-refractivity contribution is -0.117.